The number of oxime groups is 1. The summed E-state index contributed by atoms with van der Waals surface area (Å²) in [5.41, 5.74) is 1.44. The number of carbonyl (C=O) groups is 1. The van der Waals surface area contributed by atoms with Gasteiger partial charge in [0.25, 0.3) is 0 Å². The lowest BCUT2D eigenvalue weighted by molar-refractivity contribution is 0.162. The van der Waals surface area contributed by atoms with Gasteiger partial charge in [-0.2, -0.15) is 0 Å². The molecule has 7 nitrogen and oxygen atoms in total. The lowest BCUT2D eigenvalue weighted by atomic mass is 10.1. The summed E-state index contributed by atoms with van der Waals surface area (Å²) in [4.78, 5) is 19.3. The number of ether oxygens (including phenoxy) is 1. The summed E-state index contributed by atoms with van der Waals surface area (Å²) < 4.78 is 6.86. The molecule has 1 saturated heterocycles. The molecule has 3 rings (SSSR count). The first-order valence-electron chi connectivity index (χ1n) is 8.01. The molecule has 1 amide bonds. The highest BCUT2D eigenvalue weighted by Crippen LogP contribution is 2.25. The molecule has 0 atom stereocenters. The molecular formula is C16H19BN4O3S. The molecule has 0 bridgehead atoms. The molecule has 130 valence electrons. The summed E-state index contributed by atoms with van der Waals surface area (Å²) in [6, 6.07) is 5.76. The van der Waals surface area contributed by atoms with Crippen molar-refractivity contribution in [3.05, 3.63) is 23.2 Å². The predicted molar refractivity (Wildman–Crippen MR) is 98.2 cm³/mol. The monoisotopic (exact) mass is 358 g/mol. The summed E-state index contributed by atoms with van der Waals surface area (Å²) in [6.45, 7) is 5.18. The highest BCUT2D eigenvalue weighted by molar-refractivity contribution is 7.18. The van der Waals surface area contributed by atoms with Gasteiger partial charge in [0.2, 0.25) is 7.85 Å². The van der Waals surface area contributed by atoms with Gasteiger partial charge in [0, 0.05) is 38.8 Å². The van der Waals surface area contributed by atoms with Gasteiger partial charge in [-0.25, -0.2) is 4.98 Å². The van der Waals surface area contributed by atoms with E-state index in [0.29, 0.717) is 44.2 Å². The third-order valence-electron chi connectivity index (χ3n) is 4.10. The molecule has 2 radical (unpaired) electrons. The van der Waals surface area contributed by atoms with Gasteiger partial charge in [-0.1, -0.05) is 5.16 Å². The normalized spacial score (nSPS) is 16.4. The van der Waals surface area contributed by atoms with Crippen molar-refractivity contribution in [3.8, 4) is 5.75 Å². The summed E-state index contributed by atoms with van der Waals surface area (Å²) in [7, 11) is 5.27. The zero-order valence-electron chi connectivity index (χ0n) is 14.0. The Hall–Kier alpha value is -2.13. The molecule has 0 aliphatic carbocycles. The van der Waals surface area contributed by atoms with E-state index in [0.717, 1.165) is 15.2 Å². The Balaban J connectivity index is 1.53. The van der Waals surface area contributed by atoms with Crippen LogP contribution in [0.3, 0.4) is 0 Å². The minimum atomic E-state index is -0.397. The fourth-order valence-electron chi connectivity index (χ4n) is 2.77. The van der Waals surface area contributed by atoms with Crippen LogP contribution in [0.25, 0.3) is 10.2 Å². The van der Waals surface area contributed by atoms with E-state index >= 15 is 0 Å². The molecule has 25 heavy (non-hydrogen) atoms. The Morgan fingerprint density at radius 2 is 2.16 bits per heavy atom. The number of rotatable bonds is 5. The Kier molecular flexibility index (Phi) is 5.55. The van der Waals surface area contributed by atoms with Crippen LogP contribution < -0.4 is 4.74 Å². The number of benzene rings is 1. The van der Waals surface area contributed by atoms with Gasteiger partial charge in [-0.15, -0.1) is 11.3 Å². The molecule has 0 spiro atoms. The number of piperazine rings is 1. The molecule has 2 aromatic rings. The molecule has 2 heterocycles. The van der Waals surface area contributed by atoms with E-state index in [9.17, 15) is 10.0 Å². The summed E-state index contributed by atoms with van der Waals surface area (Å²) in [5, 5.41) is 13.6. The smallest absolute Gasteiger partial charge is 0.200 e. The van der Waals surface area contributed by atoms with Crippen LogP contribution in [0.5, 0.6) is 5.75 Å². The first-order valence-corrected chi connectivity index (χ1v) is 8.83. The van der Waals surface area contributed by atoms with Gasteiger partial charge in [0.05, 0.1) is 15.2 Å². The largest absolute Gasteiger partial charge is 0.487 e. The van der Waals surface area contributed by atoms with Gasteiger partial charge in [0.15, 0.2) is 5.81 Å². The molecule has 1 aromatic heterocycles. The second-order valence-corrected chi connectivity index (χ2v) is 7.15. The van der Waals surface area contributed by atoms with Crippen LogP contribution in [0.15, 0.2) is 23.4 Å². The van der Waals surface area contributed by atoms with E-state index in [4.69, 9.17) is 12.6 Å². The molecule has 1 aromatic carbocycles. The topological polar surface area (TPSA) is 78.3 Å². The minimum Gasteiger partial charge on any atom is -0.487 e. The van der Waals surface area contributed by atoms with E-state index in [1.54, 1.807) is 16.2 Å². The maximum Gasteiger partial charge on any atom is 0.200 e. The van der Waals surface area contributed by atoms with Crippen LogP contribution in [0.2, 0.25) is 0 Å². The van der Waals surface area contributed by atoms with Crippen LogP contribution in [0, 0.1) is 6.92 Å². The van der Waals surface area contributed by atoms with Crippen molar-refractivity contribution in [2.75, 3.05) is 39.3 Å². The Morgan fingerprint density at radius 3 is 2.84 bits per heavy atom. The van der Waals surface area contributed by atoms with E-state index in [-0.39, 0.29) is 6.61 Å². The zero-order chi connectivity index (χ0) is 17.8. The van der Waals surface area contributed by atoms with E-state index in [1.807, 2.05) is 25.1 Å². The summed E-state index contributed by atoms with van der Waals surface area (Å²) >= 11 is 1.64. The van der Waals surface area contributed by atoms with Crippen molar-refractivity contribution >= 4 is 40.9 Å². The van der Waals surface area contributed by atoms with Crippen LogP contribution in [0.4, 0.5) is 4.79 Å². The third kappa shape index (κ3) is 4.49. The highest BCUT2D eigenvalue weighted by atomic mass is 32.1. The number of carbonyl (C=O) groups excluding carboxylic acids is 1. The fourth-order valence-corrected chi connectivity index (χ4v) is 3.58. The fraction of sp³-hybridized carbons (Fsp3) is 0.438. The van der Waals surface area contributed by atoms with Gasteiger partial charge in [-0.3, -0.25) is 9.69 Å². The summed E-state index contributed by atoms with van der Waals surface area (Å²) in [5.74, 6) is 0.296. The van der Waals surface area contributed by atoms with Crippen LogP contribution in [-0.2, 0) is 0 Å². The van der Waals surface area contributed by atoms with Gasteiger partial charge in [-0.05, 0) is 19.1 Å². The van der Waals surface area contributed by atoms with Crippen LogP contribution in [-0.4, -0.2) is 78.7 Å². The van der Waals surface area contributed by atoms with Crippen molar-refractivity contribution < 1.29 is 14.7 Å². The average molecular weight is 358 g/mol. The van der Waals surface area contributed by atoms with Crippen molar-refractivity contribution in [3.63, 3.8) is 0 Å². The maximum atomic E-state index is 11.1. The lowest BCUT2D eigenvalue weighted by Gasteiger charge is -2.34. The van der Waals surface area contributed by atoms with Gasteiger partial charge >= 0.3 is 0 Å². The molecule has 9 heteroatoms. The first-order chi connectivity index (χ1) is 12.0. The van der Waals surface area contributed by atoms with Crippen molar-refractivity contribution in [1.82, 2.24) is 14.8 Å². The van der Waals surface area contributed by atoms with E-state index < -0.39 is 5.81 Å². The molecule has 1 aliphatic rings. The predicted octanol–water partition coefficient (Wildman–Crippen LogP) is 1.72. The average Bonchev–Trinajstić information content (AvgIpc) is 2.98. The zero-order valence-corrected chi connectivity index (χ0v) is 14.8. The molecule has 0 saturated carbocycles. The van der Waals surface area contributed by atoms with E-state index in [1.165, 1.54) is 0 Å². The van der Waals surface area contributed by atoms with Gasteiger partial charge < -0.3 is 14.8 Å². The number of hydrogen-bond donors (Lipinski definition) is 1. The van der Waals surface area contributed by atoms with Crippen LogP contribution in [0.1, 0.15) is 5.01 Å². The molecular weight excluding hydrogens is 339 g/mol. The quantitative estimate of drug-likeness (QED) is 0.381. The number of fused-ring (bicyclic) bond motifs is 1. The molecule has 0 unspecified atom stereocenters. The van der Waals surface area contributed by atoms with Crippen LogP contribution >= 0.6 is 11.3 Å². The van der Waals surface area contributed by atoms with Crippen molar-refractivity contribution in [1.29, 1.82) is 0 Å². The second kappa shape index (κ2) is 7.84. The Bertz CT molecular complexity index is 787. The number of nitrogens with zero attached hydrogens (tertiary/aromatic N) is 4. The molecule has 1 aliphatic heterocycles. The number of amides is 1. The number of aromatic nitrogens is 1. The third-order valence-corrected chi connectivity index (χ3v) is 5.05. The Morgan fingerprint density at radius 1 is 1.40 bits per heavy atom. The molecule has 1 fully saturated rings. The standard InChI is InChI=1S/C16H19BN4O3S/c1-11-18-14-8-13(2-3-15(14)25-11)24-10-12(19-23)9-20-4-6-21(7-5-20)16(17)22/h2-3,8,23H,4-7,9-10H2,1H3/b19-12-. The van der Waals surface area contributed by atoms with Gasteiger partial charge in [0.1, 0.15) is 18.1 Å². The molecule has 1 N–H and O–H groups in total. The number of thiazole rings is 1. The Labute approximate surface area is 151 Å². The van der Waals surface area contributed by atoms with Crippen molar-refractivity contribution in [2.24, 2.45) is 5.16 Å². The minimum absolute atomic E-state index is 0.196. The summed E-state index contributed by atoms with van der Waals surface area (Å²) in [6.07, 6.45) is 0. The number of hydrogen-bond acceptors (Lipinski definition) is 7. The SMILES string of the molecule is [B]C(=O)N1CCN(C/C(COc2ccc3sc(C)nc3c2)=N/O)CC1. The second-order valence-electron chi connectivity index (χ2n) is 5.92. The van der Waals surface area contributed by atoms with E-state index in [2.05, 4.69) is 15.0 Å². The number of aryl methyl sites for hydroxylation is 1. The van der Waals surface area contributed by atoms with Crippen molar-refractivity contribution in [2.45, 2.75) is 6.92 Å². The lowest BCUT2D eigenvalue weighted by Crippen LogP contribution is -2.50. The first kappa shape index (κ1) is 17.7. The maximum absolute atomic E-state index is 11.1. The highest BCUT2D eigenvalue weighted by Gasteiger charge is 2.19.